The van der Waals surface area contributed by atoms with E-state index in [-0.39, 0.29) is 18.8 Å². The SMILES string of the molecule is CCCC1=C(C(=O)OCC)[C@H](c2cc(Br)ccc2OC)n2c(s/c(=C/c3cc(Cl)ccc3OCc3ccc(C#N)cc3)c2=O)=N1. The summed E-state index contributed by atoms with van der Waals surface area (Å²) in [5.74, 6) is 0.517. The van der Waals surface area contributed by atoms with Crippen molar-refractivity contribution in [2.45, 2.75) is 39.3 Å². The second-order valence-electron chi connectivity index (χ2n) is 10.1. The molecule has 1 atom stereocenters. The average molecular weight is 707 g/mol. The first-order valence-electron chi connectivity index (χ1n) is 14.2. The molecule has 0 spiro atoms. The third-order valence-electron chi connectivity index (χ3n) is 7.11. The van der Waals surface area contributed by atoms with E-state index in [0.29, 0.717) is 60.2 Å². The summed E-state index contributed by atoms with van der Waals surface area (Å²) in [6.07, 6.45) is 2.99. The van der Waals surface area contributed by atoms with Gasteiger partial charge in [0.25, 0.3) is 5.56 Å². The van der Waals surface area contributed by atoms with Crippen LogP contribution in [0.1, 0.15) is 55.0 Å². The highest BCUT2D eigenvalue weighted by molar-refractivity contribution is 9.10. The van der Waals surface area contributed by atoms with Gasteiger partial charge < -0.3 is 14.2 Å². The third-order valence-corrected chi connectivity index (χ3v) is 8.83. The van der Waals surface area contributed by atoms with E-state index < -0.39 is 12.0 Å². The minimum atomic E-state index is -0.831. The number of esters is 1. The maximum Gasteiger partial charge on any atom is 0.338 e. The summed E-state index contributed by atoms with van der Waals surface area (Å²) in [6, 6.07) is 19.1. The minimum Gasteiger partial charge on any atom is -0.496 e. The Morgan fingerprint density at radius 1 is 1.13 bits per heavy atom. The van der Waals surface area contributed by atoms with E-state index in [1.54, 1.807) is 56.5 Å². The molecule has 3 aromatic carbocycles. The normalized spacial score (nSPS) is 14.4. The van der Waals surface area contributed by atoms with Gasteiger partial charge in [0.15, 0.2) is 4.80 Å². The summed E-state index contributed by atoms with van der Waals surface area (Å²) in [7, 11) is 1.55. The fraction of sp³-hybridized carbons (Fsp3) is 0.235. The van der Waals surface area contributed by atoms with Crippen LogP contribution in [0.15, 0.2) is 86.2 Å². The van der Waals surface area contributed by atoms with Gasteiger partial charge in [-0.3, -0.25) is 9.36 Å². The van der Waals surface area contributed by atoms with Crippen molar-refractivity contribution < 1.29 is 19.0 Å². The zero-order chi connectivity index (χ0) is 32.1. The molecule has 0 aliphatic carbocycles. The molecule has 8 nitrogen and oxygen atoms in total. The van der Waals surface area contributed by atoms with Crippen LogP contribution >= 0.6 is 38.9 Å². The van der Waals surface area contributed by atoms with Gasteiger partial charge in [-0.05, 0) is 73.5 Å². The Morgan fingerprint density at radius 3 is 2.58 bits per heavy atom. The molecule has 0 saturated heterocycles. The number of hydrogen-bond acceptors (Lipinski definition) is 8. The Labute approximate surface area is 277 Å². The van der Waals surface area contributed by atoms with E-state index >= 15 is 0 Å². The van der Waals surface area contributed by atoms with Crippen LogP contribution in [-0.4, -0.2) is 24.3 Å². The number of nitrogens with zero attached hydrogens (tertiary/aromatic N) is 3. The quantitative estimate of drug-likeness (QED) is 0.176. The number of nitriles is 1. The lowest BCUT2D eigenvalue weighted by Crippen LogP contribution is -2.40. The Morgan fingerprint density at radius 2 is 1.89 bits per heavy atom. The highest BCUT2D eigenvalue weighted by Gasteiger charge is 2.36. The van der Waals surface area contributed by atoms with Crippen molar-refractivity contribution in [2.75, 3.05) is 13.7 Å². The Kier molecular flexibility index (Phi) is 10.2. The molecule has 5 rings (SSSR count). The summed E-state index contributed by atoms with van der Waals surface area (Å²) in [5, 5.41) is 9.56. The molecule has 45 heavy (non-hydrogen) atoms. The minimum absolute atomic E-state index is 0.175. The maximum absolute atomic E-state index is 14.3. The van der Waals surface area contributed by atoms with Gasteiger partial charge in [0.05, 0.1) is 41.2 Å². The molecule has 1 aliphatic heterocycles. The second-order valence-corrected chi connectivity index (χ2v) is 12.4. The number of methoxy groups -OCH3 is 1. The van der Waals surface area contributed by atoms with Gasteiger partial charge in [-0.15, -0.1) is 0 Å². The number of thiazole rings is 1. The molecular weight excluding hydrogens is 678 g/mol. The highest BCUT2D eigenvalue weighted by Crippen LogP contribution is 2.38. The third kappa shape index (κ3) is 6.91. The summed E-state index contributed by atoms with van der Waals surface area (Å²) in [6.45, 7) is 4.18. The van der Waals surface area contributed by atoms with E-state index in [9.17, 15) is 9.59 Å². The van der Waals surface area contributed by atoms with Gasteiger partial charge in [-0.25, -0.2) is 9.79 Å². The Balaban J connectivity index is 1.67. The van der Waals surface area contributed by atoms with Gasteiger partial charge >= 0.3 is 5.97 Å². The van der Waals surface area contributed by atoms with Crippen LogP contribution in [0, 0.1) is 11.3 Å². The first-order valence-corrected chi connectivity index (χ1v) is 16.2. The average Bonchev–Trinajstić information content (AvgIpc) is 3.34. The lowest BCUT2D eigenvalue weighted by Gasteiger charge is -2.27. The Hall–Kier alpha value is -4.17. The lowest BCUT2D eigenvalue weighted by atomic mass is 9.93. The molecule has 0 unspecified atom stereocenters. The zero-order valence-electron chi connectivity index (χ0n) is 24.8. The van der Waals surface area contributed by atoms with Crippen molar-refractivity contribution in [2.24, 2.45) is 4.99 Å². The van der Waals surface area contributed by atoms with Gasteiger partial charge in [0.1, 0.15) is 24.1 Å². The van der Waals surface area contributed by atoms with Crippen LogP contribution in [-0.2, 0) is 16.1 Å². The standard InChI is InChI=1S/C34H29BrClN3O5S/c1-4-6-26-30(33(41)43-5-2)31(25-17-23(35)11-13-28(25)42-3)39-32(40)29(45-34(39)38-26)16-22-15-24(36)12-14-27(22)44-19-21-9-7-20(18-37)8-10-21/h7-17,31H,4-6,19H2,1-3H3/b29-16+/t31-/m0/s1. The summed E-state index contributed by atoms with van der Waals surface area (Å²) in [5.41, 5.74) is 3.23. The Bertz CT molecular complexity index is 2010. The molecular formula is C34H29BrClN3O5S. The number of aromatic nitrogens is 1. The molecule has 230 valence electrons. The monoisotopic (exact) mass is 705 g/mol. The molecule has 0 fully saturated rings. The molecule has 0 amide bonds. The van der Waals surface area contributed by atoms with E-state index in [2.05, 4.69) is 22.0 Å². The number of carbonyl (C=O) groups is 1. The van der Waals surface area contributed by atoms with E-state index in [1.165, 1.54) is 15.9 Å². The number of rotatable bonds is 10. The number of ether oxygens (including phenoxy) is 3. The fourth-order valence-electron chi connectivity index (χ4n) is 5.08. The molecule has 0 saturated carbocycles. The molecule has 0 radical (unpaired) electrons. The van der Waals surface area contributed by atoms with E-state index in [0.717, 1.165) is 16.5 Å². The van der Waals surface area contributed by atoms with Crippen LogP contribution in [0.3, 0.4) is 0 Å². The predicted octanol–water partition coefficient (Wildman–Crippen LogP) is 6.45. The van der Waals surface area contributed by atoms with Gasteiger partial charge in [0, 0.05) is 20.6 Å². The lowest BCUT2D eigenvalue weighted by molar-refractivity contribution is -0.139. The number of hydrogen-bond donors (Lipinski definition) is 0. The van der Waals surface area contributed by atoms with Crippen molar-refractivity contribution >= 4 is 50.9 Å². The van der Waals surface area contributed by atoms with Crippen molar-refractivity contribution in [1.29, 1.82) is 5.26 Å². The maximum atomic E-state index is 14.3. The number of fused-ring (bicyclic) bond motifs is 1. The van der Waals surface area contributed by atoms with Gasteiger partial charge in [-0.1, -0.05) is 64.3 Å². The molecule has 1 aromatic heterocycles. The van der Waals surface area contributed by atoms with Crippen molar-refractivity contribution in [1.82, 2.24) is 4.57 Å². The zero-order valence-corrected chi connectivity index (χ0v) is 28.0. The topological polar surface area (TPSA) is 103 Å². The number of benzene rings is 3. The van der Waals surface area contributed by atoms with Crippen LogP contribution in [0.5, 0.6) is 11.5 Å². The van der Waals surface area contributed by atoms with Gasteiger partial charge in [0.2, 0.25) is 0 Å². The molecule has 0 bridgehead atoms. The molecule has 2 heterocycles. The van der Waals surface area contributed by atoms with Crippen molar-refractivity contribution in [3.63, 3.8) is 0 Å². The predicted molar refractivity (Wildman–Crippen MR) is 177 cm³/mol. The number of allylic oxidation sites excluding steroid dienone is 1. The first-order chi connectivity index (χ1) is 21.8. The number of halogens is 2. The summed E-state index contributed by atoms with van der Waals surface area (Å²) < 4.78 is 20.0. The van der Waals surface area contributed by atoms with Crippen LogP contribution in [0.2, 0.25) is 5.02 Å². The molecule has 4 aromatic rings. The fourth-order valence-corrected chi connectivity index (χ4v) is 6.65. The highest BCUT2D eigenvalue weighted by atomic mass is 79.9. The molecule has 1 aliphatic rings. The van der Waals surface area contributed by atoms with Crippen molar-refractivity contribution in [3.8, 4) is 17.6 Å². The van der Waals surface area contributed by atoms with E-state index in [1.807, 2.05) is 31.2 Å². The van der Waals surface area contributed by atoms with Crippen LogP contribution in [0.25, 0.3) is 6.08 Å². The van der Waals surface area contributed by atoms with E-state index in [4.69, 9.17) is 36.1 Å². The molecule has 0 N–H and O–H groups in total. The smallest absolute Gasteiger partial charge is 0.338 e. The summed E-state index contributed by atoms with van der Waals surface area (Å²) in [4.78, 5) is 33.1. The second kappa shape index (κ2) is 14.3. The van der Waals surface area contributed by atoms with Crippen LogP contribution in [0.4, 0.5) is 0 Å². The molecule has 11 heteroatoms. The van der Waals surface area contributed by atoms with Crippen LogP contribution < -0.4 is 24.4 Å². The van der Waals surface area contributed by atoms with Crippen molar-refractivity contribution in [3.05, 3.63) is 123 Å². The first kappa shape index (κ1) is 32.2. The van der Waals surface area contributed by atoms with Gasteiger partial charge in [-0.2, -0.15) is 5.26 Å². The summed E-state index contributed by atoms with van der Waals surface area (Å²) >= 11 is 11.1. The number of carbonyl (C=O) groups excluding carboxylic acids is 1. The largest absolute Gasteiger partial charge is 0.496 e.